The highest BCUT2D eigenvalue weighted by atomic mass is 16.5. The van der Waals surface area contributed by atoms with Gasteiger partial charge in [0.15, 0.2) is 5.78 Å². The first-order valence-electron chi connectivity index (χ1n) is 13.2. The lowest BCUT2D eigenvalue weighted by atomic mass is 9.82. The van der Waals surface area contributed by atoms with Crippen molar-refractivity contribution in [3.05, 3.63) is 113 Å². The summed E-state index contributed by atoms with van der Waals surface area (Å²) in [5, 5.41) is 15.2. The molecule has 0 fully saturated rings. The predicted octanol–water partition coefficient (Wildman–Crippen LogP) is 6.83. The molecule has 0 unspecified atom stereocenters. The van der Waals surface area contributed by atoms with Gasteiger partial charge in [-0.25, -0.2) is 0 Å². The Morgan fingerprint density at radius 1 is 0.974 bits per heavy atom. The van der Waals surface area contributed by atoms with E-state index in [1.54, 1.807) is 0 Å². The van der Waals surface area contributed by atoms with Crippen LogP contribution < -0.4 is 10.1 Å². The Hall–Kier alpha value is -3.96. The van der Waals surface area contributed by atoms with Crippen molar-refractivity contribution in [2.24, 2.45) is 0 Å². The SMILES string of the molecule is Cc1ccc([C@@H]2C[C@H](CN[C@H](C)c3cccc4ccccc34)Oc3ccccc32)cc1C(=O)CCC(=O)O. The van der Waals surface area contributed by atoms with Crippen molar-refractivity contribution in [2.75, 3.05) is 6.54 Å². The Bertz CT molecular complexity index is 1470. The monoisotopic (exact) mass is 507 g/mol. The first kappa shape index (κ1) is 25.7. The number of aryl methyl sites for hydroxylation is 1. The molecule has 38 heavy (non-hydrogen) atoms. The molecule has 2 N–H and O–H groups in total. The summed E-state index contributed by atoms with van der Waals surface area (Å²) in [5.74, 6) is -0.147. The molecule has 0 aromatic heterocycles. The largest absolute Gasteiger partial charge is 0.489 e. The van der Waals surface area contributed by atoms with Crippen molar-refractivity contribution in [3.63, 3.8) is 0 Å². The molecule has 1 aliphatic heterocycles. The molecule has 0 amide bonds. The third-order valence-corrected chi connectivity index (χ3v) is 7.56. The number of carboxylic acids is 1. The number of hydrogen-bond acceptors (Lipinski definition) is 4. The standard InChI is InChI=1S/C33H33NO4/c1-21-14-15-24(18-29(21)31(35)16-17-33(36)37)30-19-25(38-32-13-6-5-11-28(30)32)20-34-22(2)26-12-7-9-23-8-3-4-10-27(23)26/h3-15,18,22,25,30,34H,16-17,19-20H2,1-2H3,(H,36,37)/t22-,25-,30+/m1/s1. The number of carbonyl (C=O) groups excluding carboxylic acids is 1. The Balaban J connectivity index is 1.37. The van der Waals surface area contributed by atoms with Gasteiger partial charge in [-0.1, -0.05) is 72.8 Å². The van der Waals surface area contributed by atoms with Crippen LogP contribution in [-0.2, 0) is 4.79 Å². The van der Waals surface area contributed by atoms with E-state index < -0.39 is 5.97 Å². The molecule has 194 valence electrons. The van der Waals surface area contributed by atoms with Gasteiger partial charge in [0.2, 0.25) is 0 Å². The van der Waals surface area contributed by atoms with Gasteiger partial charge in [-0.05, 0) is 59.9 Å². The maximum atomic E-state index is 12.8. The average molecular weight is 508 g/mol. The molecule has 5 nitrogen and oxygen atoms in total. The van der Waals surface area contributed by atoms with Gasteiger partial charge in [-0.15, -0.1) is 0 Å². The number of rotatable bonds is 9. The summed E-state index contributed by atoms with van der Waals surface area (Å²) in [4.78, 5) is 23.8. The maximum absolute atomic E-state index is 12.8. The van der Waals surface area contributed by atoms with Crippen LogP contribution in [0.2, 0.25) is 0 Å². The van der Waals surface area contributed by atoms with E-state index in [0.717, 1.165) is 28.9 Å². The molecule has 3 atom stereocenters. The van der Waals surface area contributed by atoms with E-state index >= 15 is 0 Å². The van der Waals surface area contributed by atoms with Gasteiger partial charge < -0.3 is 15.2 Å². The number of benzene rings is 4. The lowest BCUT2D eigenvalue weighted by molar-refractivity contribution is -0.136. The number of ether oxygens (including phenoxy) is 1. The number of nitrogens with one attached hydrogen (secondary N) is 1. The quantitative estimate of drug-likeness (QED) is 0.243. The lowest BCUT2D eigenvalue weighted by Gasteiger charge is -2.33. The highest BCUT2D eigenvalue weighted by molar-refractivity contribution is 5.99. The number of Topliss-reactive ketones (excluding diaryl/α,β-unsaturated/α-hetero) is 1. The van der Waals surface area contributed by atoms with Crippen LogP contribution in [0.15, 0.2) is 84.9 Å². The first-order valence-corrected chi connectivity index (χ1v) is 13.2. The summed E-state index contributed by atoms with van der Waals surface area (Å²) < 4.78 is 6.43. The maximum Gasteiger partial charge on any atom is 0.303 e. The third-order valence-electron chi connectivity index (χ3n) is 7.56. The fourth-order valence-electron chi connectivity index (χ4n) is 5.49. The fraction of sp³-hybridized carbons (Fsp3) is 0.273. The molecule has 5 rings (SSSR count). The number of ketones is 1. The van der Waals surface area contributed by atoms with Crippen molar-refractivity contribution in [2.45, 2.75) is 51.2 Å². The van der Waals surface area contributed by atoms with Gasteiger partial charge in [-0.2, -0.15) is 0 Å². The van der Waals surface area contributed by atoms with Gasteiger partial charge in [0.1, 0.15) is 11.9 Å². The molecule has 0 radical (unpaired) electrons. The van der Waals surface area contributed by atoms with E-state index in [-0.39, 0.29) is 36.7 Å². The number of para-hydroxylation sites is 1. The van der Waals surface area contributed by atoms with Gasteiger partial charge in [0, 0.05) is 36.1 Å². The Morgan fingerprint density at radius 2 is 1.74 bits per heavy atom. The molecule has 0 saturated carbocycles. The number of fused-ring (bicyclic) bond motifs is 2. The summed E-state index contributed by atoms with van der Waals surface area (Å²) in [6.45, 7) is 4.77. The minimum atomic E-state index is -0.960. The van der Waals surface area contributed by atoms with Crippen molar-refractivity contribution in [3.8, 4) is 5.75 Å². The minimum Gasteiger partial charge on any atom is -0.489 e. The molecular formula is C33H33NO4. The number of carboxylic acid groups (broad SMARTS) is 1. The van der Waals surface area contributed by atoms with E-state index in [2.05, 4.69) is 66.8 Å². The highest BCUT2D eigenvalue weighted by Gasteiger charge is 2.30. The van der Waals surface area contributed by atoms with Crippen LogP contribution in [0.5, 0.6) is 5.75 Å². The molecule has 1 aliphatic rings. The highest BCUT2D eigenvalue weighted by Crippen LogP contribution is 2.41. The molecule has 0 spiro atoms. The molecule has 1 heterocycles. The van der Waals surface area contributed by atoms with Crippen LogP contribution in [0.4, 0.5) is 0 Å². The fourth-order valence-corrected chi connectivity index (χ4v) is 5.49. The van der Waals surface area contributed by atoms with Crippen molar-refractivity contribution in [1.82, 2.24) is 5.32 Å². The topological polar surface area (TPSA) is 75.6 Å². The molecule has 4 aromatic rings. The normalized spacial score (nSPS) is 17.4. The predicted molar refractivity (Wildman–Crippen MR) is 150 cm³/mol. The number of carbonyl (C=O) groups is 2. The van der Waals surface area contributed by atoms with Gasteiger partial charge >= 0.3 is 5.97 Å². The molecule has 0 aliphatic carbocycles. The van der Waals surface area contributed by atoms with E-state index in [0.29, 0.717) is 12.1 Å². The smallest absolute Gasteiger partial charge is 0.303 e. The summed E-state index contributed by atoms with van der Waals surface area (Å²) in [6, 6.07) is 29.1. The van der Waals surface area contributed by atoms with Crippen molar-refractivity contribution in [1.29, 1.82) is 0 Å². The second kappa shape index (κ2) is 11.2. The summed E-state index contributed by atoms with van der Waals surface area (Å²) in [5.41, 5.74) is 4.90. The van der Waals surface area contributed by atoms with Crippen LogP contribution in [0.25, 0.3) is 10.8 Å². The average Bonchev–Trinajstić information content (AvgIpc) is 2.94. The van der Waals surface area contributed by atoms with Crippen molar-refractivity contribution >= 4 is 22.5 Å². The van der Waals surface area contributed by atoms with Crippen LogP contribution in [0, 0.1) is 6.92 Å². The molecule has 0 saturated heterocycles. The molecule has 5 heteroatoms. The van der Waals surface area contributed by atoms with E-state index in [1.807, 2.05) is 37.3 Å². The Morgan fingerprint density at radius 3 is 2.58 bits per heavy atom. The number of hydrogen-bond donors (Lipinski definition) is 2. The van der Waals surface area contributed by atoms with E-state index in [1.165, 1.54) is 16.3 Å². The van der Waals surface area contributed by atoms with Gasteiger partial charge in [0.05, 0.1) is 6.42 Å². The summed E-state index contributed by atoms with van der Waals surface area (Å²) >= 11 is 0. The second-order valence-corrected chi connectivity index (χ2v) is 10.2. The summed E-state index contributed by atoms with van der Waals surface area (Å²) in [6.07, 6.45) is 0.575. The first-order chi connectivity index (χ1) is 18.4. The zero-order chi connectivity index (χ0) is 26.6. The zero-order valence-corrected chi connectivity index (χ0v) is 21.8. The van der Waals surface area contributed by atoms with Crippen LogP contribution >= 0.6 is 0 Å². The number of aliphatic carboxylic acids is 1. The Labute approximate surface area is 223 Å². The van der Waals surface area contributed by atoms with Gasteiger partial charge in [-0.3, -0.25) is 9.59 Å². The molecule has 4 aromatic carbocycles. The lowest BCUT2D eigenvalue weighted by Crippen LogP contribution is -2.37. The van der Waals surface area contributed by atoms with Crippen LogP contribution in [-0.4, -0.2) is 29.5 Å². The zero-order valence-electron chi connectivity index (χ0n) is 21.8. The summed E-state index contributed by atoms with van der Waals surface area (Å²) in [7, 11) is 0. The van der Waals surface area contributed by atoms with E-state index in [9.17, 15) is 9.59 Å². The Kier molecular flexibility index (Phi) is 7.57. The van der Waals surface area contributed by atoms with Gasteiger partial charge in [0.25, 0.3) is 0 Å². The van der Waals surface area contributed by atoms with Crippen LogP contribution in [0.3, 0.4) is 0 Å². The second-order valence-electron chi connectivity index (χ2n) is 10.2. The van der Waals surface area contributed by atoms with E-state index in [4.69, 9.17) is 9.84 Å². The van der Waals surface area contributed by atoms with Crippen molar-refractivity contribution < 1.29 is 19.4 Å². The minimum absolute atomic E-state index is 0.00257. The molecule has 0 bridgehead atoms. The van der Waals surface area contributed by atoms with Crippen LogP contribution in [0.1, 0.15) is 70.8 Å². The third kappa shape index (κ3) is 5.48. The molecular weight excluding hydrogens is 474 g/mol.